The minimum Gasteiger partial charge on any atom is -0.412 e. The summed E-state index contributed by atoms with van der Waals surface area (Å²) in [5, 5.41) is 0. The van der Waals surface area contributed by atoms with E-state index in [1.54, 1.807) is 0 Å². The second-order valence-corrected chi connectivity index (χ2v) is 2.68. The number of hydrogen-bond acceptors (Lipinski definition) is 5. The molecule has 0 aromatic heterocycles. The quantitative estimate of drug-likeness (QED) is 0.534. The average molecular weight is 184 g/mol. The van der Waals surface area contributed by atoms with Crippen molar-refractivity contribution in [1.29, 1.82) is 0 Å². The zero-order chi connectivity index (χ0) is 10.1. The summed E-state index contributed by atoms with van der Waals surface area (Å²) in [5.74, 6) is -3.89. The first-order chi connectivity index (χ1) is 5.94. The van der Waals surface area contributed by atoms with Crippen molar-refractivity contribution < 1.29 is 23.9 Å². The van der Waals surface area contributed by atoms with Gasteiger partial charge in [0.2, 0.25) is 5.78 Å². The van der Waals surface area contributed by atoms with Gasteiger partial charge in [-0.05, 0) is 0 Å². The number of carbonyl (C=O) groups excluding carboxylic acids is 3. The van der Waals surface area contributed by atoms with Gasteiger partial charge in [0.25, 0.3) is 0 Å². The van der Waals surface area contributed by atoms with Crippen molar-refractivity contribution >= 4 is 17.7 Å². The van der Waals surface area contributed by atoms with Crippen LogP contribution in [0.15, 0.2) is 12.2 Å². The van der Waals surface area contributed by atoms with Gasteiger partial charge in [0.05, 0.1) is 0 Å². The Labute approximate surface area is 74.3 Å². The van der Waals surface area contributed by atoms with Gasteiger partial charge in [0.1, 0.15) is 0 Å². The number of ketones is 1. The van der Waals surface area contributed by atoms with E-state index in [-0.39, 0.29) is 0 Å². The summed E-state index contributed by atoms with van der Waals surface area (Å²) in [5.41, 5.74) is 0. The first kappa shape index (κ1) is 9.44. The van der Waals surface area contributed by atoms with E-state index in [4.69, 9.17) is 0 Å². The summed E-state index contributed by atoms with van der Waals surface area (Å²) in [7, 11) is 0. The highest BCUT2D eigenvalue weighted by molar-refractivity contribution is 5.97. The van der Waals surface area contributed by atoms with Crippen molar-refractivity contribution in [1.82, 2.24) is 0 Å². The molecular weight excluding hydrogens is 176 g/mol. The van der Waals surface area contributed by atoms with Crippen molar-refractivity contribution in [2.75, 3.05) is 0 Å². The maximum atomic E-state index is 11.0. The lowest BCUT2D eigenvalue weighted by atomic mass is 10.2. The summed E-state index contributed by atoms with van der Waals surface area (Å²) in [6.45, 7) is 2.39. The third kappa shape index (κ3) is 1.93. The molecule has 5 nitrogen and oxygen atoms in total. The van der Waals surface area contributed by atoms with Crippen LogP contribution in [0.1, 0.15) is 13.8 Å². The predicted octanol–water partition coefficient (Wildman–Crippen LogP) is -0.0522. The van der Waals surface area contributed by atoms with E-state index in [1.165, 1.54) is 13.8 Å². The second kappa shape index (κ2) is 3.01. The zero-order valence-electron chi connectivity index (χ0n) is 7.20. The lowest BCUT2D eigenvalue weighted by Crippen LogP contribution is -2.41. The molecule has 0 bridgehead atoms. The van der Waals surface area contributed by atoms with Gasteiger partial charge in [0.15, 0.2) is 0 Å². The van der Waals surface area contributed by atoms with Gasteiger partial charge in [-0.25, -0.2) is 9.59 Å². The molecule has 0 fully saturated rings. The van der Waals surface area contributed by atoms with Crippen LogP contribution in [0.25, 0.3) is 0 Å². The number of cyclic esters (lactones) is 2. The van der Waals surface area contributed by atoms with Crippen LogP contribution in [0.3, 0.4) is 0 Å². The molecule has 0 aromatic carbocycles. The summed E-state index contributed by atoms with van der Waals surface area (Å²) in [6.07, 6.45) is 1.83. The van der Waals surface area contributed by atoms with Gasteiger partial charge in [-0.2, -0.15) is 0 Å². The smallest absolute Gasteiger partial charge is 0.334 e. The minimum absolute atomic E-state index is 0.544. The van der Waals surface area contributed by atoms with Gasteiger partial charge < -0.3 is 9.47 Å². The molecule has 0 aliphatic carbocycles. The maximum absolute atomic E-state index is 11.0. The van der Waals surface area contributed by atoms with Crippen LogP contribution in [0.5, 0.6) is 0 Å². The number of Topliss-reactive ketones (excluding diaryl/α,β-unsaturated/α-hetero) is 1. The van der Waals surface area contributed by atoms with E-state index in [0.29, 0.717) is 0 Å². The third-order valence-corrected chi connectivity index (χ3v) is 1.59. The van der Waals surface area contributed by atoms with Crippen LogP contribution in [-0.4, -0.2) is 23.5 Å². The molecule has 0 radical (unpaired) electrons. The first-order valence-corrected chi connectivity index (χ1v) is 3.59. The van der Waals surface area contributed by atoms with E-state index < -0.39 is 23.5 Å². The molecule has 1 rings (SSSR count). The molecule has 0 atom stereocenters. The number of rotatable bonds is 1. The van der Waals surface area contributed by atoms with Crippen LogP contribution in [0.2, 0.25) is 0 Å². The van der Waals surface area contributed by atoms with Crippen molar-refractivity contribution in [2.24, 2.45) is 0 Å². The average Bonchev–Trinajstić information content (AvgIpc) is 2.11. The van der Waals surface area contributed by atoms with Crippen LogP contribution in [0.4, 0.5) is 0 Å². The van der Waals surface area contributed by atoms with E-state index in [2.05, 4.69) is 9.47 Å². The number of carbonyl (C=O) groups is 3. The molecule has 5 heteroatoms. The topological polar surface area (TPSA) is 69.7 Å². The third-order valence-electron chi connectivity index (χ3n) is 1.59. The Morgan fingerprint density at radius 2 is 1.62 bits per heavy atom. The van der Waals surface area contributed by atoms with Gasteiger partial charge in [-0.3, -0.25) is 4.79 Å². The molecular formula is C8H8O5. The van der Waals surface area contributed by atoms with Gasteiger partial charge in [-0.1, -0.05) is 0 Å². The molecule has 70 valence electrons. The van der Waals surface area contributed by atoms with E-state index in [1.807, 2.05) is 0 Å². The van der Waals surface area contributed by atoms with Crippen molar-refractivity contribution in [2.45, 2.75) is 19.6 Å². The lowest BCUT2D eigenvalue weighted by Gasteiger charge is -2.23. The lowest BCUT2D eigenvalue weighted by molar-refractivity contribution is -0.212. The summed E-state index contributed by atoms with van der Waals surface area (Å²) >= 11 is 0. The largest absolute Gasteiger partial charge is 0.412 e. The summed E-state index contributed by atoms with van der Waals surface area (Å²) < 4.78 is 9.22. The second-order valence-electron chi connectivity index (χ2n) is 2.68. The highest BCUT2D eigenvalue weighted by Crippen LogP contribution is 2.17. The summed E-state index contributed by atoms with van der Waals surface area (Å²) in [6, 6.07) is 0. The van der Waals surface area contributed by atoms with Crippen LogP contribution >= 0.6 is 0 Å². The molecule has 1 aliphatic rings. The fourth-order valence-corrected chi connectivity index (χ4v) is 0.753. The number of esters is 2. The Balaban J connectivity index is 2.97. The monoisotopic (exact) mass is 184 g/mol. The predicted molar refractivity (Wildman–Crippen MR) is 40.4 cm³/mol. The Hall–Kier alpha value is -1.65. The molecule has 0 aromatic rings. The SMILES string of the molecule is CC(=O)C1(C)OC(=O)C=CC(=O)O1. The molecule has 0 amide bonds. The van der Waals surface area contributed by atoms with E-state index >= 15 is 0 Å². The van der Waals surface area contributed by atoms with Crippen molar-refractivity contribution in [3.63, 3.8) is 0 Å². The highest BCUT2D eigenvalue weighted by atomic mass is 16.7. The molecule has 1 aliphatic heterocycles. The molecule has 13 heavy (non-hydrogen) atoms. The molecule has 0 saturated heterocycles. The maximum Gasteiger partial charge on any atom is 0.334 e. The molecule has 1 heterocycles. The first-order valence-electron chi connectivity index (χ1n) is 3.59. The Bertz CT molecular complexity index is 282. The van der Waals surface area contributed by atoms with Crippen molar-refractivity contribution in [3.05, 3.63) is 12.2 Å². The van der Waals surface area contributed by atoms with Gasteiger partial charge in [-0.15, -0.1) is 0 Å². The molecule has 0 unspecified atom stereocenters. The Kier molecular flexibility index (Phi) is 2.18. The minimum atomic E-state index is -1.79. The highest BCUT2D eigenvalue weighted by Gasteiger charge is 2.39. The standard InChI is InChI=1S/C8H8O5/c1-5(9)8(2)12-6(10)3-4-7(11)13-8/h3-4H,1-2H3. The van der Waals surface area contributed by atoms with Crippen LogP contribution < -0.4 is 0 Å². The fraction of sp³-hybridized carbons (Fsp3) is 0.375. The number of hydrogen-bond donors (Lipinski definition) is 0. The van der Waals surface area contributed by atoms with Crippen molar-refractivity contribution in [3.8, 4) is 0 Å². The van der Waals surface area contributed by atoms with Gasteiger partial charge in [0, 0.05) is 26.0 Å². The van der Waals surface area contributed by atoms with E-state index in [0.717, 1.165) is 12.2 Å². The number of ether oxygens (including phenoxy) is 2. The Morgan fingerprint density at radius 3 is 1.92 bits per heavy atom. The molecule has 0 spiro atoms. The zero-order valence-corrected chi connectivity index (χ0v) is 7.20. The Morgan fingerprint density at radius 1 is 1.23 bits per heavy atom. The fourth-order valence-electron chi connectivity index (χ4n) is 0.753. The van der Waals surface area contributed by atoms with E-state index in [9.17, 15) is 14.4 Å². The molecule has 0 saturated carbocycles. The van der Waals surface area contributed by atoms with Crippen LogP contribution in [0, 0.1) is 0 Å². The normalized spacial score (nSPS) is 20.2. The van der Waals surface area contributed by atoms with Crippen LogP contribution in [-0.2, 0) is 23.9 Å². The van der Waals surface area contributed by atoms with Gasteiger partial charge >= 0.3 is 17.7 Å². The summed E-state index contributed by atoms with van der Waals surface area (Å²) in [4.78, 5) is 32.7. The molecule has 0 N–H and O–H groups in total.